The molecule has 0 aliphatic heterocycles. The Balaban J connectivity index is 2.91. The van der Waals surface area contributed by atoms with Gasteiger partial charge in [0.2, 0.25) is 0 Å². The van der Waals surface area contributed by atoms with E-state index in [1.165, 1.54) is 0 Å². The van der Waals surface area contributed by atoms with Crippen LogP contribution in [0.2, 0.25) is 0 Å². The van der Waals surface area contributed by atoms with Crippen LogP contribution in [0.4, 0.5) is 0 Å². The molecule has 2 aromatic rings. The lowest BCUT2D eigenvalue weighted by Crippen LogP contribution is -1.97. The summed E-state index contributed by atoms with van der Waals surface area (Å²) < 4.78 is 1.64. The van der Waals surface area contributed by atoms with Gasteiger partial charge in [0.05, 0.1) is 11.7 Å². The fraction of sp³-hybridized carbons (Fsp3) is 0.111. The number of carbonyl (C=O) groups excluding carboxylic acids is 1. The van der Waals surface area contributed by atoms with Gasteiger partial charge < -0.3 is 0 Å². The number of aryl methyl sites for hydroxylation is 1. The second-order valence-electron chi connectivity index (χ2n) is 2.69. The molecule has 0 saturated carbocycles. The summed E-state index contributed by atoms with van der Waals surface area (Å²) in [5.41, 5.74) is 2.69. The van der Waals surface area contributed by atoms with Crippen molar-refractivity contribution in [3.63, 3.8) is 0 Å². The van der Waals surface area contributed by atoms with Crippen LogP contribution in [-0.2, 0) is 0 Å². The van der Waals surface area contributed by atoms with Crippen molar-refractivity contribution in [3.05, 3.63) is 35.7 Å². The van der Waals surface area contributed by atoms with Gasteiger partial charge in [-0.15, -0.1) is 0 Å². The maximum Gasteiger partial charge on any atom is 0.168 e. The molecule has 0 atom stereocenters. The van der Waals surface area contributed by atoms with Gasteiger partial charge in [-0.3, -0.25) is 4.79 Å². The van der Waals surface area contributed by atoms with Gasteiger partial charge in [-0.05, 0) is 24.6 Å². The van der Waals surface area contributed by atoms with Crippen LogP contribution in [0.3, 0.4) is 0 Å². The van der Waals surface area contributed by atoms with Crippen LogP contribution in [0.15, 0.2) is 24.4 Å². The molecule has 3 heteroatoms. The Labute approximate surface area is 69.6 Å². The lowest BCUT2D eigenvalue weighted by Gasteiger charge is -1.99. The number of pyridine rings is 1. The summed E-state index contributed by atoms with van der Waals surface area (Å²) in [5, 5.41) is 4.04. The van der Waals surface area contributed by atoms with E-state index in [9.17, 15) is 4.79 Å². The molecule has 3 nitrogen and oxygen atoms in total. The van der Waals surface area contributed by atoms with E-state index in [2.05, 4.69) is 5.10 Å². The quantitative estimate of drug-likeness (QED) is 0.592. The Kier molecular flexibility index (Phi) is 1.43. The standard InChI is InChI=1S/C9H8N2O/c1-7-2-3-8(6-12)11-9(7)4-5-10-11/h2-6H,1H3. The molecule has 2 rings (SSSR count). The van der Waals surface area contributed by atoms with Gasteiger partial charge in [0.25, 0.3) is 0 Å². The fourth-order valence-corrected chi connectivity index (χ4v) is 1.26. The third kappa shape index (κ3) is 0.830. The summed E-state index contributed by atoms with van der Waals surface area (Å²) in [6.45, 7) is 1.99. The van der Waals surface area contributed by atoms with Crippen molar-refractivity contribution in [3.8, 4) is 0 Å². The van der Waals surface area contributed by atoms with Crippen molar-refractivity contribution in [2.24, 2.45) is 0 Å². The highest BCUT2D eigenvalue weighted by Gasteiger charge is 2.01. The lowest BCUT2D eigenvalue weighted by molar-refractivity contribution is 0.111. The number of aldehydes is 1. The zero-order chi connectivity index (χ0) is 8.55. The van der Waals surface area contributed by atoms with Crippen LogP contribution >= 0.6 is 0 Å². The van der Waals surface area contributed by atoms with E-state index in [0.717, 1.165) is 17.4 Å². The first-order chi connectivity index (χ1) is 5.83. The molecule has 12 heavy (non-hydrogen) atoms. The minimum Gasteiger partial charge on any atom is -0.296 e. The van der Waals surface area contributed by atoms with E-state index in [-0.39, 0.29) is 0 Å². The maximum atomic E-state index is 10.6. The van der Waals surface area contributed by atoms with Gasteiger partial charge in [-0.25, -0.2) is 4.52 Å². The zero-order valence-corrected chi connectivity index (χ0v) is 6.69. The predicted octanol–water partition coefficient (Wildman–Crippen LogP) is 1.46. The van der Waals surface area contributed by atoms with Crippen molar-refractivity contribution in [2.45, 2.75) is 6.92 Å². The summed E-state index contributed by atoms with van der Waals surface area (Å²) in [5.74, 6) is 0. The van der Waals surface area contributed by atoms with E-state index in [1.54, 1.807) is 16.8 Å². The number of rotatable bonds is 1. The summed E-state index contributed by atoms with van der Waals surface area (Å²) in [6.07, 6.45) is 2.49. The zero-order valence-electron chi connectivity index (χ0n) is 6.69. The highest BCUT2D eigenvalue weighted by molar-refractivity contribution is 5.74. The maximum absolute atomic E-state index is 10.6. The fourth-order valence-electron chi connectivity index (χ4n) is 1.26. The molecule has 0 aliphatic rings. The lowest BCUT2D eigenvalue weighted by atomic mass is 10.2. The largest absolute Gasteiger partial charge is 0.296 e. The topological polar surface area (TPSA) is 34.4 Å². The third-order valence-corrected chi connectivity index (χ3v) is 1.92. The number of nitrogens with zero attached hydrogens (tertiary/aromatic N) is 2. The van der Waals surface area contributed by atoms with E-state index in [1.807, 2.05) is 19.1 Å². The molecular formula is C9H8N2O. The number of fused-ring (bicyclic) bond motifs is 1. The first-order valence-corrected chi connectivity index (χ1v) is 3.71. The summed E-state index contributed by atoms with van der Waals surface area (Å²) in [4.78, 5) is 10.6. The minimum absolute atomic E-state index is 0.584. The second kappa shape index (κ2) is 2.44. The van der Waals surface area contributed by atoms with Crippen LogP contribution in [0.5, 0.6) is 0 Å². The Bertz CT molecular complexity index is 431. The molecule has 60 valence electrons. The number of hydrogen-bond donors (Lipinski definition) is 0. The first kappa shape index (κ1) is 7.03. The van der Waals surface area contributed by atoms with E-state index in [0.29, 0.717) is 5.69 Å². The van der Waals surface area contributed by atoms with E-state index in [4.69, 9.17) is 0 Å². The average Bonchev–Trinajstić information content (AvgIpc) is 2.54. The molecule has 0 fully saturated rings. The normalized spacial score (nSPS) is 10.4. The SMILES string of the molecule is Cc1ccc(C=O)n2nccc12. The molecule has 0 spiro atoms. The second-order valence-corrected chi connectivity index (χ2v) is 2.69. The highest BCUT2D eigenvalue weighted by Crippen LogP contribution is 2.10. The van der Waals surface area contributed by atoms with Crippen LogP contribution in [0, 0.1) is 6.92 Å². The molecule has 0 N–H and O–H groups in total. The smallest absolute Gasteiger partial charge is 0.168 e. The Morgan fingerprint density at radius 1 is 1.42 bits per heavy atom. The van der Waals surface area contributed by atoms with Gasteiger partial charge in [0.1, 0.15) is 5.69 Å². The van der Waals surface area contributed by atoms with Crippen LogP contribution in [-0.4, -0.2) is 15.9 Å². The first-order valence-electron chi connectivity index (χ1n) is 3.71. The van der Waals surface area contributed by atoms with Gasteiger partial charge in [-0.2, -0.15) is 5.10 Å². The molecule has 0 radical (unpaired) electrons. The van der Waals surface area contributed by atoms with Gasteiger partial charge in [0.15, 0.2) is 6.29 Å². The Morgan fingerprint density at radius 3 is 3.00 bits per heavy atom. The molecule has 0 aliphatic carbocycles. The monoisotopic (exact) mass is 160 g/mol. The van der Waals surface area contributed by atoms with Crippen molar-refractivity contribution < 1.29 is 4.79 Å². The summed E-state index contributed by atoms with van der Waals surface area (Å²) in [7, 11) is 0. The number of carbonyl (C=O) groups is 1. The molecule has 0 saturated heterocycles. The van der Waals surface area contributed by atoms with E-state index < -0.39 is 0 Å². The minimum atomic E-state index is 0.584. The third-order valence-electron chi connectivity index (χ3n) is 1.92. The summed E-state index contributed by atoms with van der Waals surface area (Å²) >= 11 is 0. The molecule has 0 aromatic carbocycles. The van der Waals surface area contributed by atoms with Crippen molar-refractivity contribution in [2.75, 3.05) is 0 Å². The van der Waals surface area contributed by atoms with E-state index >= 15 is 0 Å². The molecule has 2 aromatic heterocycles. The molecule has 0 amide bonds. The molecule has 0 bridgehead atoms. The number of hydrogen-bond acceptors (Lipinski definition) is 2. The highest BCUT2D eigenvalue weighted by atomic mass is 16.1. The molecular weight excluding hydrogens is 152 g/mol. The van der Waals surface area contributed by atoms with Gasteiger partial charge in [-0.1, -0.05) is 6.07 Å². The van der Waals surface area contributed by atoms with Crippen molar-refractivity contribution in [1.82, 2.24) is 9.61 Å². The molecule has 2 heterocycles. The van der Waals surface area contributed by atoms with Crippen molar-refractivity contribution in [1.29, 1.82) is 0 Å². The predicted molar refractivity (Wildman–Crippen MR) is 45.3 cm³/mol. The van der Waals surface area contributed by atoms with Crippen LogP contribution in [0.1, 0.15) is 16.1 Å². The van der Waals surface area contributed by atoms with Gasteiger partial charge >= 0.3 is 0 Å². The average molecular weight is 160 g/mol. The Hall–Kier alpha value is -1.64. The van der Waals surface area contributed by atoms with Crippen LogP contribution in [0.25, 0.3) is 5.52 Å². The summed E-state index contributed by atoms with van der Waals surface area (Å²) in [6, 6.07) is 5.57. The molecule has 0 unspecified atom stereocenters. The Morgan fingerprint density at radius 2 is 2.25 bits per heavy atom. The number of aromatic nitrogens is 2. The van der Waals surface area contributed by atoms with Crippen molar-refractivity contribution >= 4 is 11.8 Å². The van der Waals surface area contributed by atoms with Gasteiger partial charge in [0, 0.05) is 0 Å². The van der Waals surface area contributed by atoms with Crippen LogP contribution < -0.4 is 0 Å².